The number of hydrogen-bond donors (Lipinski definition) is 2. The van der Waals surface area contributed by atoms with Gasteiger partial charge in [-0.15, -0.1) is 0 Å². The number of nitrogens with one attached hydrogen (secondary N) is 1. The van der Waals surface area contributed by atoms with Gasteiger partial charge in [0.2, 0.25) is 0 Å². The second-order valence-corrected chi connectivity index (χ2v) is 5.20. The quantitative estimate of drug-likeness (QED) is 0.849. The van der Waals surface area contributed by atoms with Crippen molar-refractivity contribution in [3.63, 3.8) is 0 Å². The summed E-state index contributed by atoms with van der Waals surface area (Å²) in [6.07, 6.45) is 2.46. The smallest absolute Gasteiger partial charge is 0.138 e. The zero-order valence-electron chi connectivity index (χ0n) is 11.3. The van der Waals surface area contributed by atoms with Crippen LogP contribution in [0.5, 0.6) is 5.75 Å². The second kappa shape index (κ2) is 6.16. The van der Waals surface area contributed by atoms with Crippen LogP contribution in [0.3, 0.4) is 0 Å². The van der Waals surface area contributed by atoms with Gasteiger partial charge in [-0.2, -0.15) is 0 Å². The summed E-state index contributed by atoms with van der Waals surface area (Å²) >= 11 is 0. The Morgan fingerprint density at radius 1 is 1.39 bits per heavy atom. The van der Waals surface area contributed by atoms with Gasteiger partial charge in [0.05, 0.1) is 5.69 Å². The summed E-state index contributed by atoms with van der Waals surface area (Å²) in [6.45, 7) is 6.03. The maximum Gasteiger partial charge on any atom is 0.138 e. The van der Waals surface area contributed by atoms with Gasteiger partial charge in [0.1, 0.15) is 5.75 Å². The molecular weight excluding hydrogens is 226 g/mol. The summed E-state index contributed by atoms with van der Waals surface area (Å²) in [7, 11) is 2.01. The normalized spacial score (nSPS) is 18.1. The van der Waals surface area contributed by atoms with Gasteiger partial charge < -0.3 is 10.4 Å². The van der Waals surface area contributed by atoms with Crippen LogP contribution in [0, 0.1) is 12.8 Å². The third-order valence-electron chi connectivity index (χ3n) is 3.66. The van der Waals surface area contributed by atoms with Crippen molar-refractivity contribution in [3.8, 4) is 5.75 Å². The Hall–Kier alpha value is -1.13. The fourth-order valence-corrected chi connectivity index (χ4v) is 2.57. The average molecular weight is 249 g/mol. The van der Waals surface area contributed by atoms with Crippen molar-refractivity contribution in [1.29, 1.82) is 0 Å². The number of nitrogens with zero attached hydrogens (tertiary/aromatic N) is 2. The zero-order chi connectivity index (χ0) is 13.0. The monoisotopic (exact) mass is 249 g/mol. The molecule has 1 fully saturated rings. The lowest BCUT2D eigenvalue weighted by Crippen LogP contribution is -2.36. The molecule has 0 aliphatic carbocycles. The fraction of sp³-hybridized carbons (Fsp3) is 0.643. The van der Waals surface area contributed by atoms with Crippen LogP contribution in [-0.2, 0) is 6.54 Å². The minimum Gasteiger partial charge on any atom is -0.506 e. The van der Waals surface area contributed by atoms with Gasteiger partial charge in [0.15, 0.2) is 0 Å². The third-order valence-corrected chi connectivity index (χ3v) is 3.66. The van der Waals surface area contributed by atoms with Gasteiger partial charge in [-0.05, 0) is 64.5 Å². The molecule has 0 radical (unpaired) electrons. The SMILES string of the molecule is CNCC1CCN(Cc2nc(C)ccc2O)CC1. The molecule has 1 aromatic rings. The summed E-state index contributed by atoms with van der Waals surface area (Å²) in [5, 5.41) is 13.1. The van der Waals surface area contributed by atoms with E-state index in [1.165, 1.54) is 12.8 Å². The molecule has 4 heteroatoms. The van der Waals surface area contributed by atoms with E-state index in [0.29, 0.717) is 5.75 Å². The molecule has 1 saturated heterocycles. The molecule has 2 N–H and O–H groups in total. The molecule has 1 aliphatic rings. The molecule has 100 valence electrons. The zero-order valence-corrected chi connectivity index (χ0v) is 11.3. The van der Waals surface area contributed by atoms with Crippen molar-refractivity contribution >= 4 is 0 Å². The van der Waals surface area contributed by atoms with E-state index in [9.17, 15) is 5.11 Å². The highest BCUT2D eigenvalue weighted by Gasteiger charge is 2.19. The summed E-state index contributed by atoms with van der Waals surface area (Å²) in [4.78, 5) is 6.80. The molecule has 2 rings (SSSR count). The van der Waals surface area contributed by atoms with E-state index in [1.54, 1.807) is 6.07 Å². The van der Waals surface area contributed by atoms with Gasteiger partial charge in [-0.1, -0.05) is 0 Å². The minimum atomic E-state index is 0.318. The Bertz CT molecular complexity index is 387. The highest BCUT2D eigenvalue weighted by molar-refractivity contribution is 5.27. The van der Waals surface area contributed by atoms with Crippen LogP contribution in [0.2, 0.25) is 0 Å². The van der Waals surface area contributed by atoms with Crippen molar-refractivity contribution in [1.82, 2.24) is 15.2 Å². The standard InChI is InChI=1S/C14H23N3O/c1-11-3-4-14(18)13(16-11)10-17-7-5-12(6-8-17)9-15-2/h3-4,12,15,18H,5-10H2,1-2H3. The van der Waals surface area contributed by atoms with Crippen LogP contribution in [0.15, 0.2) is 12.1 Å². The van der Waals surface area contributed by atoms with Gasteiger partial charge in [0.25, 0.3) is 0 Å². The molecule has 1 aromatic heterocycles. The molecule has 4 nitrogen and oxygen atoms in total. The molecule has 0 bridgehead atoms. The number of aryl methyl sites for hydroxylation is 1. The number of aromatic hydroxyl groups is 1. The molecule has 18 heavy (non-hydrogen) atoms. The topological polar surface area (TPSA) is 48.4 Å². The first-order valence-electron chi connectivity index (χ1n) is 6.71. The lowest BCUT2D eigenvalue weighted by atomic mass is 9.97. The molecule has 0 saturated carbocycles. The lowest BCUT2D eigenvalue weighted by Gasteiger charge is -2.31. The number of piperidine rings is 1. The minimum absolute atomic E-state index is 0.318. The van der Waals surface area contributed by atoms with Crippen LogP contribution >= 0.6 is 0 Å². The van der Waals surface area contributed by atoms with Crippen LogP contribution in [-0.4, -0.2) is 41.7 Å². The van der Waals surface area contributed by atoms with Crippen molar-refractivity contribution in [2.24, 2.45) is 5.92 Å². The van der Waals surface area contributed by atoms with Gasteiger partial charge in [0, 0.05) is 12.2 Å². The summed E-state index contributed by atoms with van der Waals surface area (Å²) in [5.41, 5.74) is 1.77. The Morgan fingerprint density at radius 2 is 2.11 bits per heavy atom. The van der Waals surface area contributed by atoms with Crippen LogP contribution in [0.4, 0.5) is 0 Å². The first kappa shape index (κ1) is 13.3. The predicted molar refractivity (Wildman–Crippen MR) is 72.6 cm³/mol. The maximum absolute atomic E-state index is 9.80. The molecule has 0 spiro atoms. The second-order valence-electron chi connectivity index (χ2n) is 5.20. The largest absolute Gasteiger partial charge is 0.506 e. The maximum atomic E-state index is 9.80. The third kappa shape index (κ3) is 3.43. The first-order valence-corrected chi connectivity index (χ1v) is 6.71. The van der Waals surface area contributed by atoms with E-state index >= 15 is 0 Å². The molecule has 1 aliphatic heterocycles. The molecule has 2 heterocycles. The van der Waals surface area contributed by atoms with Gasteiger partial charge >= 0.3 is 0 Å². The van der Waals surface area contributed by atoms with Crippen molar-refractivity contribution in [3.05, 3.63) is 23.5 Å². The lowest BCUT2D eigenvalue weighted by molar-refractivity contribution is 0.173. The van der Waals surface area contributed by atoms with Crippen molar-refractivity contribution < 1.29 is 5.11 Å². The highest BCUT2D eigenvalue weighted by Crippen LogP contribution is 2.21. The van der Waals surface area contributed by atoms with E-state index in [2.05, 4.69) is 15.2 Å². The number of likely N-dealkylation sites (tertiary alicyclic amines) is 1. The van der Waals surface area contributed by atoms with Crippen molar-refractivity contribution in [2.45, 2.75) is 26.3 Å². The van der Waals surface area contributed by atoms with Crippen LogP contribution in [0.1, 0.15) is 24.2 Å². The first-order chi connectivity index (χ1) is 8.69. The molecule has 0 amide bonds. The Kier molecular flexibility index (Phi) is 4.55. The van der Waals surface area contributed by atoms with E-state index in [0.717, 1.165) is 43.5 Å². The Labute approximate surface area is 109 Å². The summed E-state index contributed by atoms with van der Waals surface area (Å²) in [5.74, 6) is 1.11. The average Bonchev–Trinajstić information content (AvgIpc) is 2.37. The number of aromatic nitrogens is 1. The van der Waals surface area contributed by atoms with E-state index in [-0.39, 0.29) is 0 Å². The van der Waals surface area contributed by atoms with Crippen molar-refractivity contribution in [2.75, 3.05) is 26.7 Å². The van der Waals surface area contributed by atoms with Crippen LogP contribution < -0.4 is 5.32 Å². The molecule has 0 aromatic carbocycles. The number of rotatable bonds is 4. The summed E-state index contributed by atoms with van der Waals surface area (Å²) in [6, 6.07) is 3.59. The van der Waals surface area contributed by atoms with E-state index in [4.69, 9.17) is 0 Å². The number of hydrogen-bond acceptors (Lipinski definition) is 4. The Balaban J connectivity index is 1.89. The Morgan fingerprint density at radius 3 is 2.78 bits per heavy atom. The number of pyridine rings is 1. The fourth-order valence-electron chi connectivity index (χ4n) is 2.57. The summed E-state index contributed by atoms with van der Waals surface area (Å²) < 4.78 is 0. The van der Waals surface area contributed by atoms with Gasteiger partial charge in [-0.25, -0.2) is 0 Å². The predicted octanol–water partition coefficient (Wildman–Crippen LogP) is 1.53. The molecule has 0 atom stereocenters. The van der Waals surface area contributed by atoms with Crippen LogP contribution in [0.25, 0.3) is 0 Å². The molecular formula is C14H23N3O. The van der Waals surface area contributed by atoms with E-state index in [1.807, 2.05) is 20.0 Å². The van der Waals surface area contributed by atoms with Gasteiger partial charge in [-0.3, -0.25) is 9.88 Å². The molecule has 0 unspecified atom stereocenters. The highest BCUT2D eigenvalue weighted by atomic mass is 16.3. The van der Waals surface area contributed by atoms with E-state index < -0.39 is 0 Å².